The van der Waals surface area contributed by atoms with Crippen LogP contribution in [0.5, 0.6) is 0 Å². The van der Waals surface area contributed by atoms with E-state index in [1.54, 1.807) is 0 Å². The van der Waals surface area contributed by atoms with Crippen molar-refractivity contribution >= 4 is 39.7 Å². The molecule has 3 unspecified atom stereocenters. The summed E-state index contributed by atoms with van der Waals surface area (Å²) in [6, 6.07) is 48.8. The molecule has 2 aliphatic carbocycles. The van der Waals surface area contributed by atoms with Crippen molar-refractivity contribution in [2.75, 3.05) is 0 Å². The molecule has 2 bridgehead atoms. The van der Waals surface area contributed by atoms with Gasteiger partial charge in [0.1, 0.15) is 0 Å². The molecule has 3 atom stereocenters. The van der Waals surface area contributed by atoms with Gasteiger partial charge < -0.3 is 9.40 Å². The molecular weight excluding hydrogens is 983 g/mol. The summed E-state index contributed by atoms with van der Waals surface area (Å²) in [6.45, 7) is 6.94. The zero-order chi connectivity index (χ0) is 41.4. The van der Waals surface area contributed by atoms with E-state index in [1.807, 2.05) is 36.5 Å². The maximum absolute atomic E-state index is 6.33. The van der Waals surface area contributed by atoms with E-state index in [2.05, 4.69) is 147 Å². The van der Waals surface area contributed by atoms with Crippen LogP contribution >= 0.6 is 0 Å². The number of hydrogen-bond donors (Lipinski definition) is 0. The summed E-state index contributed by atoms with van der Waals surface area (Å²) < 4.78 is 7.85. The Morgan fingerprint density at radius 2 is 1.46 bits per heavy atom. The summed E-state index contributed by atoms with van der Waals surface area (Å²) in [5.41, 5.74) is 13.0. The van der Waals surface area contributed by atoms with Gasteiger partial charge in [-0.05, 0) is 67.3 Å². The SMILES string of the molecule is CC(C)(C)Cc1cc(-c2[c-]ccc(-c3ccccc3)c2)nc[c]1[Ge]([CH3])([CH3])[CH3].[Ir].[c-]1ccc2c(oc3nc(-c4ccccc4)ccc32)c1-c1cc(CC2CC3CCC2C3)ccn1. The summed E-state index contributed by atoms with van der Waals surface area (Å²) in [7, 11) is 0. The van der Waals surface area contributed by atoms with Gasteiger partial charge in [-0.2, -0.15) is 0 Å². The van der Waals surface area contributed by atoms with Crippen molar-refractivity contribution in [1.29, 1.82) is 0 Å². The van der Waals surface area contributed by atoms with Crippen LogP contribution in [-0.4, -0.2) is 28.2 Å². The van der Waals surface area contributed by atoms with Crippen molar-refractivity contribution in [3.05, 3.63) is 157 Å². The Labute approximate surface area is 378 Å². The van der Waals surface area contributed by atoms with E-state index in [4.69, 9.17) is 19.4 Å². The molecule has 4 aromatic heterocycles. The van der Waals surface area contributed by atoms with E-state index in [9.17, 15) is 0 Å². The second-order valence-corrected chi connectivity index (χ2v) is 29.9. The molecule has 1 radical (unpaired) electrons. The molecule has 4 aromatic carbocycles. The molecule has 0 spiro atoms. The van der Waals surface area contributed by atoms with Gasteiger partial charge in [-0.15, -0.1) is 18.2 Å². The molecule has 0 aliphatic heterocycles. The molecule has 311 valence electrons. The Hall–Kier alpha value is -4.68. The summed E-state index contributed by atoms with van der Waals surface area (Å²) in [4.78, 5) is 14.4. The van der Waals surface area contributed by atoms with Gasteiger partial charge in [0.25, 0.3) is 0 Å². The van der Waals surface area contributed by atoms with Gasteiger partial charge in [0.2, 0.25) is 5.71 Å². The number of furan rings is 1. The quantitative estimate of drug-likeness (QED) is 0.112. The largest absolute Gasteiger partial charge is 0.486 e. The van der Waals surface area contributed by atoms with Crippen LogP contribution in [0.1, 0.15) is 57.6 Å². The van der Waals surface area contributed by atoms with Gasteiger partial charge in [0.15, 0.2) is 0 Å². The molecule has 2 saturated carbocycles. The monoisotopic (exact) mass is 1040 g/mol. The minimum absolute atomic E-state index is 0. The van der Waals surface area contributed by atoms with Gasteiger partial charge in [-0.1, -0.05) is 59.3 Å². The van der Waals surface area contributed by atoms with Crippen LogP contribution in [0, 0.1) is 35.3 Å². The van der Waals surface area contributed by atoms with Gasteiger partial charge in [0.05, 0.1) is 11.3 Å². The number of rotatable bonds is 8. The fourth-order valence-electron chi connectivity index (χ4n) is 9.71. The first-order chi connectivity index (χ1) is 28.9. The minimum atomic E-state index is -1.97. The van der Waals surface area contributed by atoms with E-state index < -0.39 is 13.3 Å². The number of hydrogen-bond acceptors (Lipinski definition) is 4. The van der Waals surface area contributed by atoms with Crippen LogP contribution in [0.4, 0.5) is 0 Å². The topological polar surface area (TPSA) is 51.8 Å². The van der Waals surface area contributed by atoms with Crippen LogP contribution < -0.4 is 4.40 Å². The molecule has 4 nitrogen and oxygen atoms in total. The van der Waals surface area contributed by atoms with Crippen molar-refractivity contribution in [3.63, 3.8) is 0 Å². The first kappa shape index (κ1) is 43.0. The van der Waals surface area contributed by atoms with Crippen LogP contribution in [0.25, 0.3) is 67.0 Å². The summed E-state index contributed by atoms with van der Waals surface area (Å²) in [6.07, 6.45) is 12.1. The third-order valence-electron chi connectivity index (χ3n) is 12.5. The molecule has 2 fully saturated rings. The standard InChI is InChI=1S/C30H25N2O.C25H30GeN.Ir/c1-2-5-21(6-3-1)27-12-11-25-24-7-4-8-26(29(24)33-30(25)32-27)28-18-20(13-14-31-28)17-23-16-19-9-10-22(23)15-19;1-25(2,3)17-22-16-24(27-18-23(22)26(4,5)6)21-14-10-13-20(15-21)19-11-8-7-9-12-19;/h1-7,11-14,18-19,22-23H,9-10,15-17H2;7-13,15-16,18H,17H2,1-6H3;/q2*-1;. The molecule has 4 heterocycles. The van der Waals surface area contributed by atoms with Crippen molar-refractivity contribution in [1.82, 2.24) is 15.0 Å². The first-order valence-electron chi connectivity index (χ1n) is 21.8. The van der Waals surface area contributed by atoms with Gasteiger partial charge >= 0.3 is 167 Å². The molecule has 0 amide bonds. The minimum Gasteiger partial charge on any atom is -0.486 e. The third-order valence-corrected chi connectivity index (χ3v) is 16.9. The second kappa shape index (κ2) is 18.0. The van der Waals surface area contributed by atoms with Gasteiger partial charge in [0, 0.05) is 37.3 Å². The molecular formula is C55H55GeIrN3O-2. The van der Waals surface area contributed by atoms with Gasteiger partial charge in [-0.3, -0.25) is 0 Å². The molecule has 0 saturated heterocycles. The van der Waals surface area contributed by atoms with E-state index in [0.29, 0.717) is 5.71 Å². The summed E-state index contributed by atoms with van der Waals surface area (Å²) in [5.74, 6) is 10.1. The normalized spacial score (nSPS) is 17.2. The summed E-state index contributed by atoms with van der Waals surface area (Å²) in [5, 5.41) is 2.09. The van der Waals surface area contributed by atoms with Crippen LogP contribution in [0.15, 0.2) is 138 Å². The zero-order valence-electron chi connectivity index (χ0n) is 36.3. The Morgan fingerprint density at radius 3 is 2.16 bits per heavy atom. The summed E-state index contributed by atoms with van der Waals surface area (Å²) >= 11 is -1.97. The maximum Gasteiger partial charge on any atom is 0.216 e. The van der Waals surface area contributed by atoms with Gasteiger partial charge in [-0.25, -0.2) is 4.98 Å². The van der Waals surface area contributed by atoms with E-state index in [1.165, 1.54) is 52.3 Å². The fraction of sp³-hybridized carbons (Fsp3) is 0.291. The predicted molar refractivity (Wildman–Crippen MR) is 252 cm³/mol. The van der Waals surface area contributed by atoms with Crippen molar-refractivity contribution in [3.8, 4) is 44.9 Å². The van der Waals surface area contributed by atoms with Crippen LogP contribution in [0.2, 0.25) is 17.3 Å². The van der Waals surface area contributed by atoms with Crippen molar-refractivity contribution < 1.29 is 24.5 Å². The van der Waals surface area contributed by atoms with Crippen molar-refractivity contribution in [2.24, 2.45) is 23.2 Å². The number of fused-ring (bicyclic) bond motifs is 5. The maximum atomic E-state index is 6.33. The zero-order valence-corrected chi connectivity index (χ0v) is 40.8. The number of benzene rings is 4. The average molecular weight is 1040 g/mol. The molecule has 0 N–H and O–H groups in total. The van der Waals surface area contributed by atoms with Crippen molar-refractivity contribution in [2.45, 2.75) is 76.6 Å². The number of nitrogens with zero attached hydrogens (tertiary/aromatic N) is 3. The average Bonchev–Trinajstić information content (AvgIpc) is 3.98. The third kappa shape index (κ3) is 9.70. The van der Waals surface area contributed by atoms with E-state index in [-0.39, 0.29) is 25.5 Å². The van der Waals surface area contributed by atoms with Crippen LogP contribution in [-0.2, 0) is 32.9 Å². The Balaban J connectivity index is 0.000000170. The fourth-order valence-corrected chi connectivity index (χ4v) is 13.0. The smallest absolute Gasteiger partial charge is 0.216 e. The Bertz CT molecular complexity index is 2770. The molecule has 6 heteroatoms. The predicted octanol–water partition coefficient (Wildman–Crippen LogP) is 13.8. The number of aromatic nitrogens is 3. The molecule has 10 rings (SSSR count). The number of pyridine rings is 3. The molecule has 2 aliphatic rings. The van der Waals surface area contributed by atoms with E-state index in [0.717, 1.165) is 80.7 Å². The molecule has 8 aromatic rings. The van der Waals surface area contributed by atoms with Crippen LogP contribution in [0.3, 0.4) is 0 Å². The second-order valence-electron chi connectivity index (χ2n) is 19.4. The Kier molecular flexibility index (Phi) is 12.7. The molecule has 61 heavy (non-hydrogen) atoms. The first-order valence-corrected chi connectivity index (χ1v) is 29.1. The Morgan fingerprint density at radius 1 is 0.705 bits per heavy atom. The van der Waals surface area contributed by atoms with E-state index >= 15 is 0 Å².